The molecule has 0 aliphatic rings. The zero-order valence-electron chi connectivity index (χ0n) is 10.5. The van der Waals surface area contributed by atoms with Gasteiger partial charge in [-0.3, -0.25) is 0 Å². The third-order valence-electron chi connectivity index (χ3n) is 2.88. The molecule has 1 nitrogen and oxygen atoms in total. The molecule has 4 heteroatoms. The molecule has 1 N–H and O–H groups in total. The molecule has 0 radical (unpaired) electrons. The molecule has 0 saturated carbocycles. The van der Waals surface area contributed by atoms with Crippen LogP contribution in [0.1, 0.15) is 16.7 Å². The standard InChI is InChI=1S/C15H14F3N/c1-11-5-2-3-8-14(11)19-10-12-6-4-7-13(9-12)15(16,17)18/h2-9,19H,10H2,1H3. The summed E-state index contributed by atoms with van der Waals surface area (Å²) >= 11 is 0. The van der Waals surface area contributed by atoms with Crippen LogP contribution in [0.4, 0.5) is 18.9 Å². The maximum atomic E-state index is 12.6. The highest BCUT2D eigenvalue weighted by molar-refractivity contribution is 5.50. The summed E-state index contributed by atoms with van der Waals surface area (Å²) in [7, 11) is 0. The average Bonchev–Trinajstić information content (AvgIpc) is 2.37. The van der Waals surface area contributed by atoms with Crippen LogP contribution in [0.3, 0.4) is 0 Å². The van der Waals surface area contributed by atoms with Crippen molar-refractivity contribution in [2.45, 2.75) is 19.6 Å². The van der Waals surface area contributed by atoms with Gasteiger partial charge in [-0.05, 0) is 36.2 Å². The van der Waals surface area contributed by atoms with Gasteiger partial charge in [-0.15, -0.1) is 0 Å². The van der Waals surface area contributed by atoms with E-state index in [1.54, 1.807) is 6.07 Å². The molecule has 0 spiro atoms. The van der Waals surface area contributed by atoms with Crippen LogP contribution in [0.2, 0.25) is 0 Å². The SMILES string of the molecule is Cc1ccccc1NCc1cccc(C(F)(F)F)c1. The van der Waals surface area contributed by atoms with E-state index >= 15 is 0 Å². The van der Waals surface area contributed by atoms with E-state index in [4.69, 9.17) is 0 Å². The van der Waals surface area contributed by atoms with Crippen molar-refractivity contribution >= 4 is 5.69 Å². The minimum atomic E-state index is -4.29. The number of nitrogens with one attached hydrogen (secondary N) is 1. The molecule has 0 bridgehead atoms. The van der Waals surface area contributed by atoms with Gasteiger partial charge in [-0.25, -0.2) is 0 Å². The highest BCUT2D eigenvalue weighted by Crippen LogP contribution is 2.29. The Morgan fingerprint density at radius 2 is 1.74 bits per heavy atom. The topological polar surface area (TPSA) is 12.0 Å². The molecule has 0 amide bonds. The number of hydrogen-bond acceptors (Lipinski definition) is 1. The second-order valence-corrected chi connectivity index (χ2v) is 4.37. The summed E-state index contributed by atoms with van der Waals surface area (Å²) in [5.74, 6) is 0. The van der Waals surface area contributed by atoms with Gasteiger partial charge in [0.25, 0.3) is 0 Å². The van der Waals surface area contributed by atoms with Crippen LogP contribution in [0.25, 0.3) is 0 Å². The second kappa shape index (κ2) is 5.34. The van der Waals surface area contributed by atoms with Gasteiger partial charge in [0.2, 0.25) is 0 Å². The fourth-order valence-corrected chi connectivity index (χ4v) is 1.83. The first-order chi connectivity index (χ1) is 8.97. The summed E-state index contributed by atoms with van der Waals surface area (Å²) in [5, 5.41) is 3.14. The predicted molar refractivity (Wildman–Crippen MR) is 69.9 cm³/mol. The first kappa shape index (κ1) is 13.5. The van der Waals surface area contributed by atoms with E-state index in [1.807, 2.05) is 31.2 Å². The molecular formula is C15H14F3N. The molecule has 0 unspecified atom stereocenters. The number of alkyl halides is 3. The van der Waals surface area contributed by atoms with Gasteiger partial charge in [-0.2, -0.15) is 13.2 Å². The summed E-state index contributed by atoms with van der Waals surface area (Å²) < 4.78 is 37.7. The van der Waals surface area contributed by atoms with Crippen LogP contribution < -0.4 is 5.32 Å². The highest BCUT2D eigenvalue weighted by Gasteiger charge is 2.30. The lowest BCUT2D eigenvalue weighted by Gasteiger charge is -2.11. The Bertz CT molecular complexity index is 561. The molecule has 2 rings (SSSR count). The molecule has 0 heterocycles. The van der Waals surface area contributed by atoms with Crippen LogP contribution >= 0.6 is 0 Å². The van der Waals surface area contributed by atoms with Gasteiger partial charge in [0.05, 0.1) is 5.56 Å². The minimum Gasteiger partial charge on any atom is -0.381 e. The van der Waals surface area contributed by atoms with E-state index in [0.29, 0.717) is 12.1 Å². The van der Waals surface area contributed by atoms with Crippen LogP contribution in [0.15, 0.2) is 48.5 Å². The molecule has 0 aliphatic carbocycles. The fourth-order valence-electron chi connectivity index (χ4n) is 1.83. The van der Waals surface area contributed by atoms with Crippen molar-refractivity contribution < 1.29 is 13.2 Å². The summed E-state index contributed by atoms with van der Waals surface area (Å²) in [5.41, 5.74) is 1.99. The van der Waals surface area contributed by atoms with Crippen molar-refractivity contribution in [2.75, 3.05) is 5.32 Å². The van der Waals surface area contributed by atoms with E-state index in [0.717, 1.165) is 17.3 Å². The van der Waals surface area contributed by atoms with Gasteiger partial charge >= 0.3 is 6.18 Å². The number of rotatable bonds is 3. The molecule has 19 heavy (non-hydrogen) atoms. The molecule has 2 aromatic carbocycles. The van der Waals surface area contributed by atoms with Crippen LogP contribution in [-0.4, -0.2) is 0 Å². The highest BCUT2D eigenvalue weighted by atomic mass is 19.4. The van der Waals surface area contributed by atoms with E-state index in [2.05, 4.69) is 5.32 Å². The Morgan fingerprint density at radius 1 is 1.00 bits per heavy atom. The van der Waals surface area contributed by atoms with Crippen molar-refractivity contribution in [3.63, 3.8) is 0 Å². The maximum Gasteiger partial charge on any atom is 0.416 e. The Hall–Kier alpha value is -1.97. The van der Waals surface area contributed by atoms with E-state index < -0.39 is 11.7 Å². The number of halogens is 3. The van der Waals surface area contributed by atoms with Crippen molar-refractivity contribution in [3.05, 3.63) is 65.2 Å². The lowest BCUT2D eigenvalue weighted by Crippen LogP contribution is -2.07. The summed E-state index contributed by atoms with van der Waals surface area (Å²) in [6, 6.07) is 13.0. The van der Waals surface area contributed by atoms with Gasteiger partial charge < -0.3 is 5.32 Å². The van der Waals surface area contributed by atoms with Crippen LogP contribution in [-0.2, 0) is 12.7 Å². The molecule has 0 aromatic heterocycles. The van der Waals surface area contributed by atoms with Crippen LogP contribution in [0, 0.1) is 6.92 Å². The first-order valence-corrected chi connectivity index (χ1v) is 5.92. The lowest BCUT2D eigenvalue weighted by atomic mass is 10.1. The summed E-state index contributed by atoms with van der Waals surface area (Å²) in [6.45, 7) is 2.32. The van der Waals surface area contributed by atoms with Gasteiger partial charge in [0.15, 0.2) is 0 Å². The van der Waals surface area contributed by atoms with Crippen molar-refractivity contribution in [1.29, 1.82) is 0 Å². The third kappa shape index (κ3) is 3.50. The van der Waals surface area contributed by atoms with Crippen molar-refractivity contribution in [3.8, 4) is 0 Å². The van der Waals surface area contributed by atoms with Gasteiger partial charge in [0, 0.05) is 12.2 Å². The van der Waals surface area contributed by atoms with Crippen molar-refractivity contribution in [1.82, 2.24) is 0 Å². The number of anilines is 1. The molecule has 0 fully saturated rings. The molecule has 0 saturated heterocycles. The molecule has 100 valence electrons. The number of benzene rings is 2. The minimum absolute atomic E-state index is 0.370. The number of aryl methyl sites for hydroxylation is 1. The van der Waals surface area contributed by atoms with Gasteiger partial charge in [0.1, 0.15) is 0 Å². The lowest BCUT2D eigenvalue weighted by molar-refractivity contribution is -0.137. The second-order valence-electron chi connectivity index (χ2n) is 4.37. The Balaban J connectivity index is 2.10. The quantitative estimate of drug-likeness (QED) is 0.853. The van der Waals surface area contributed by atoms with Gasteiger partial charge in [-0.1, -0.05) is 30.3 Å². The molecule has 2 aromatic rings. The third-order valence-corrected chi connectivity index (χ3v) is 2.88. The van der Waals surface area contributed by atoms with E-state index in [9.17, 15) is 13.2 Å². The summed E-state index contributed by atoms with van der Waals surface area (Å²) in [4.78, 5) is 0. The maximum absolute atomic E-state index is 12.6. The zero-order chi connectivity index (χ0) is 13.9. The number of hydrogen-bond donors (Lipinski definition) is 1. The zero-order valence-corrected chi connectivity index (χ0v) is 10.5. The largest absolute Gasteiger partial charge is 0.416 e. The molecule has 0 atom stereocenters. The fraction of sp³-hybridized carbons (Fsp3) is 0.200. The Morgan fingerprint density at radius 3 is 2.42 bits per heavy atom. The summed E-state index contributed by atoms with van der Waals surface area (Å²) in [6.07, 6.45) is -4.29. The monoisotopic (exact) mass is 265 g/mol. The average molecular weight is 265 g/mol. The number of para-hydroxylation sites is 1. The van der Waals surface area contributed by atoms with Crippen molar-refractivity contribution in [2.24, 2.45) is 0 Å². The molecule has 0 aliphatic heterocycles. The van der Waals surface area contributed by atoms with E-state index in [-0.39, 0.29) is 0 Å². The smallest absolute Gasteiger partial charge is 0.381 e. The van der Waals surface area contributed by atoms with Crippen LogP contribution in [0.5, 0.6) is 0 Å². The van der Waals surface area contributed by atoms with E-state index in [1.165, 1.54) is 12.1 Å². The first-order valence-electron chi connectivity index (χ1n) is 5.92. The molecular weight excluding hydrogens is 251 g/mol. The Labute approximate surface area is 110 Å². The normalized spacial score (nSPS) is 11.4. The predicted octanol–water partition coefficient (Wildman–Crippen LogP) is 4.63. The Kier molecular flexibility index (Phi) is 3.79.